The summed E-state index contributed by atoms with van der Waals surface area (Å²) < 4.78 is 42.8. The van der Waals surface area contributed by atoms with Gasteiger partial charge in [0.25, 0.3) is 0 Å². The largest absolute Gasteiger partial charge is 0.495 e. The zero-order valence-corrected chi connectivity index (χ0v) is 8.80. The topological polar surface area (TPSA) is 56.8 Å². The summed E-state index contributed by atoms with van der Waals surface area (Å²) in [7, 11) is 1.25. The number of nitriles is 2. The van der Waals surface area contributed by atoms with Gasteiger partial charge in [-0.1, -0.05) is 0 Å². The fourth-order valence-electron chi connectivity index (χ4n) is 1.45. The van der Waals surface area contributed by atoms with Crippen LogP contribution in [-0.2, 0) is 12.6 Å². The van der Waals surface area contributed by atoms with E-state index in [9.17, 15) is 13.2 Å². The molecule has 0 aliphatic carbocycles. The lowest BCUT2D eigenvalue weighted by Crippen LogP contribution is -2.11. The van der Waals surface area contributed by atoms with Gasteiger partial charge in [-0.15, -0.1) is 0 Å². The van der Waals surface area contributed by atoms with Crippen LogP contribution < -0.4 is 4.74 Å². The van der Waals surface area contributed by atoms with Gasteiger partial charge in [-0.2, -0.15) is 23.7 Å². The summed E-state index contributed by atoms with van der Waals surface area (Å²) in [4.78, 5) is 0. The molecule has 17 heavy (non-hydrogen) atoms. The fraction of sp³-hybridized carbons (Fsp3) is 0.273. The molecule has 0 aliphatic rings. The zero-order valence-electron chi connectivity index (χ0n) is 8.80. The summed E-state index contributed by atoms with van der Waals surface area (Å²) in [6.07, 6.45) is -5.08. The van der Waals surface area contributed by atoms with Gasteiger partial charge in [-0.3, -0.25) is 0 Å². The molecular weight excluding hydrogens is 233 g/mol. The predicted octanol–water partition coefficient (Wildman–Crippen LogP) is 2.65. The number of hydrogen-bond acceptors (Lipinski definition) is 3. The first-order valence-corrected chi connectivity index (χ1v) is 4.49. The van der Waals surface area contributed by atoms with Crippen molar-refractivity contribution in [3.8, 4) is 17.9 Å². The van der Waals surface area contributed by atoms with E-state index < -0.39 is 18.2 Å². The van der Waals surface area contributed by atoms with Crippen molar-refractivity contribution >= 4 is 0 Å². The number of alkyl halides is 3. The number of ether oxygens (including phenoxy) is 1. The molecule has 0 amide bonds. The summed E-state index contributed by atoms with van der Waals surface area (Å²) in [5, 5.41) is 17.4. The molecule has 0 fully saturated rings. The van der Waals surface area contributed by atoms with Crippen LogP contribution in [0.25, 0.3) is 0 Å². The maximum atomic E-state index is 12.7. The lowest BCUT2D eigenvalue weighted by Gasteiger charge is -2.14. The van der Waals surface area contributed by atoms with Gasteiger partial charge >= 0.3 is 6.18 Å². The van der Waals surface area contributed by atoms with E-state index in [1.165, 1.54) is 7.11 Å². The number of halogens is 3. The number of rotatable bonds is 2. The van der Waals surface area contributed by atoms with Crippen LogP contribution in [0, 0.1) is 22.7 Å². The van der Waals surface area contributed by atoms with Crippen LogP contribution in [0.2, 0.25) is 0 Å². The van der Waals surface area contributed by atoms with Gasteiger partial charge in [0, 0.05) is 0 Å². The van der Waals surface area contributed by atoms with Gasteiger partial charge in [0.15, 0.2) is 0 Å². The van der Waals surface area contributed by atoms with Crippen LogP contribution in [0.1, 0.15) is 16.7 Å². The molecule has 1 aromatic carbocycles. The molecule has 1 aromatic rings. The van der Waals surface area contributed by atoms with E-state index in [1.54, 1.807) is 12.1 Å². The Morgan fingerprint density at radius 2 is 1.94 bits per heavy atom. The minimum atomic E-state index is -4.59. The van der Waals surface area contributed by atoms with Gasteiger partial charge in [0.1, 0.15) is 11.8 Å². The highest BCUT2D eigenvalue weighted by atomic mass is 19.4. The first kappa shape index (κ1) is 12.9. The van der Waals surface area contributed by atoms with Crippen molar-refractivity contribution < 1.29 is 17.9 Å². The third-order valence-corrected chi connectivity index (χ3v) is 2.17. The Bertz CT molecular complexity index is 509. The van der Waals surface area contributed by atoms with Crippen LogP contribution in [0.3, 0.4) is 0 Å². The average Bonchev–Trinajstić information content (AvgIpc) is 2.27. The molecule has 0 aliphatic heterocycles. The molecule has 0 N–H and O–H groups in total. The summed E-state index contributed by atoms with van der Waals surface area (Å²) in [5.74, 6) is 0.0331. The second-order valence-corrected chi connectivity index (χ2v) is 3.11. The van der Waals surface area contributed by atoms with E-state index in [0.29, 0.717) is 0 Å². The van der Waals surface area contributed by atoms with Gasteiger partial charge in [0.05, 0.1) is 30.7 Å². The van der Waals surface area contributed by atoms with E-state index in [1.807, 2.05) is 0 Å². The van der Waals surface area contributed by atoms with Crippen LogP contribution in [0.4, 0.5) is 13.2 Å². The molecule has 0 spiro atoms. The Labute approximate surface area is 95.7 Å². The standard InChI is InChI=1S/C11H7F3N2O/c1-17-10-3-2-9(11(12,13)14)7(4-5-15)8(10)6-16/h2-3H,4H2,1H3. The van der Waals surface area contributed by atoms with Crippen LogP contribution in [0.15, 0.2) is 12.1 Å². The van der Waals surface area contributed by atoms with E-state index >= 15 is 0 Å². The first-order valence-electron chi connectivity index (χ1n) is 4.49. The smallest absolute Gasteiger partial charge is 0.416 e. The molecule has 3 nitrogen and oxygen atoms in total. The second kappa shape index (κ2) is 4.75. The maximum Gasteiger partial charge on any atom is 0.416 e. The van der Waals surface area contributed by atoms with E-state index in [-0.39, 0.29) is 16.9 Å². The Morgan fingerprint density at radius 3 is 2.35 bits per heavy atom. The number of nitrogens with zero attached hydrogens (tertiary/aromatic N) is 2. The van der Waals surface area contributed by atoms with Crippen LogP contribution in [-0.4, -0.2) is 7.11 Å². The third kappa shape index (κ3) is 2.48. The molecule has 0 heterocycles. The summed E-state index contributed by atoms with van der Waals surface area (Å²) in [6, 6.07) is 5.14. The Hall–Kier alpha value is -2.21. The molecule has 0 bridgehead atoms. The van der Waals surface area contributed by atoms with Crippen molar-refractivity contribution in [1.82, 2.24) is 0 Å². The maximum absolute atomic E-state index is 12.7. The van der Waals surface area contributed by atoms with Crippen LogP contribution >= 0.6 is 0 Å². The van der Waals surface area contributed by atoms with E-state index in [2.05, 4.69) is 0 Å². The molecule has 0 unspecified atom stereocenters. The zero-order chi connectivity index (χ0) is 13.1. The summed E-state index contributed by atoms with van der Waals surface area (Å²) in [5.41, 5.74) is -1.57. The Kier molecular flexibility index (Phi) is 3.59. The molecule has 88 valence electrons. The first-order chi connectivity index (χ1) is 7.95. The molecule has 0 aromatic heterocycles. The molecule has 0 radical (unpaired) electrons. The van der Waals surface area contributed by atoms with Crippen molar-refractivity contribution in [3.63, 3.8) is 0 Å². The normalized spacial score (nSPS) is 10.5. The quantitative estimate of drug-likeness (QED) is 0.798. The summed E-state index contributed by atoms with van der Waals surface area (Å²) in [6.45, 7) is 0. The highest BCUT2D eigenvalue weighted by molar-refractivity contribution is 5.54. The minimum Gasteiger partial charge on any atom is -0.495 e. The van der Waals surface area contributed by atoms with Gasteiger partial charge < -0.3 is 4.74 Å². The lowest BCUT2D eigenvalue weighted by atomic mass is 9.98. The Balaban J connectivity index is 3.56. The fourth-order valence-corrected chi connectivity index (χ4v) is 1.45. The van der Waals surface area contributed by atoms with Crippen molar-refractivity contribution in [1.29, 1.82) is 10.5 Å². The third-order valence-electron chi connectivity index (χ3n) is 2.17. The second-order valence-electron chi connectivity index (χ2n) is 3.11. The van der Waals surface area contributed by atoms with Crippen LogP contribution in [0.5, 0.6) is 5.75 Å². The Morgan fingerprint density at radius 1 is 1.29 bits per heavy atom. The van der Waals surface area contributed by atoms with Gasteiger partial charge in [0.2, 0.25) is 0 Å². The van der Waals surface area contributed by atoms with Gasteiger partial charge in [-0.05, 0) is 17.7 Å². The van der Waals surface area contributed by atoms with Crippen molar-refractivity contribution in [2.45, 2.75) is 12.6 Å². The molecule has 1 rings (SSSR count). The monoisotopic (exact) mass is 240 g/mol. The van der Waals surface area contributed by atoms with Gasteiger partial charge in [-0.25, -0.2) is 0 Å². The highest BCUT2D eigenvalue weighted by Crippen LogP contribution is 2.36. The van der Waals surface area contributed by atoms with E-state index in [4.69, 9.17) is 15.3 Å². The average molecular weight is 240 g/mol. The number of hydrogen-bond donors (Lipinski definition) is 0. The highest BCUT2D eigenvalue weighted by Gasteiger charge is 2.35. The summed E-state index contributed by atoms with van der Waals surface area (Å²) >= 11 is 0. The lowest BCUT2D eigenvalue weighted by molar-refractivity contribution is -0.138. The van der Waals surface area contributed by atoms with Crippen molar-refractivity contribution in [3.05, 3.63) is 28.8 Å². The SMILES string of the molecule is COc1ccc(C(F)(F)F)c(CC#N)c1C#N. The predicted molar refractivity (Wildman–Crippen MR) is 52.0 cm³/mol. The molecule has 6 heteroatoms. The molecule has 0 saturated carbocycles. The molecule has 0 saturated heterocycles. The van der Waals surface area contributed by atoms with Crippen molar-refractivity contribution in [2.24, 2.45) is 0 Å². The number of benzene rings is 1. The molecular formula is C11H7F3N2O. The van der Waals surface area contributed by atoms with E-state index in [0.717, 1.165) is 12.1 Å². The minimum absolute atomic E-state index is 0.0331. The molecule has 0 atom stereocenters. The number of methoxy groups -OCH3 is 1. The van der Waals surface area contributed by atoms with Crippen molar-refractivity contribution in [2.75, 3.05) is 7.11 Å².